The summed E-state index contributed by atoms with van der Waals surface area (Å²) in [6, 6.07) is 3.73. The molecule has 1 aromatic carbocycles. The summed E-state index contributed by atoms with van der Waals surface area (Å²) in [6.45, 7) is 2.36. The zero-order valence-corrected chi connectivity index (χ0v) is 12.4. The molecule has 0 aliphatic heterocycles. The van der Waals surface area contributed by atoms with Crippen LogP contribution in [0.25, 0.3) is 10.6 Å². The third kappa shape index (κ3) is 3.62. The minimum Gasteiger partial charge on any atom is -0.349 e. The van der Waals surface area contributed by atoms with Crippen LogP contribution in [-0.4, -0.2) is 30.5 Å². The molecule has 0 bridgehead atoms. The quantitative estimate of drug-likeness (QED) is 0.892. The molecule has 0 saturated heterocycles. The number of benzene rings is 1. The Balaban J connectivity index is 2.16. The van der Waals surface area contributed by atoms with E-state index in [0.717, 1.165) is 23.5 Å². The number of hydrogen-bond acceptors (Lipinski definition) is 4. The molecular weight excluding hydrogens is 296 g/mol. The number of carbonyl (C=O) groups is 1. The van der Waals surface area contributed by atoms with Gasteiger partial charge in [0.1, 0.15) is 22.3 Å². The normalized spacial score (nSPS) is 12.2. The van der Waals surface area contributed by atoms with Crippen molar-refractivity contribution in [3.63, 3.8) is 0 Å². The fourth-order valence-electron chi connectivity index (χ4n) is 1.63. The zero-order valence-electron chi connectivity index (χ0n) is 11.6. The van der Waals surface area contributed by atoms with Gasteiger partial charge in [-0.2, -0.15) is 0 Å². The first-order valence-electron chi connectivity index (χ1n) is 6.38. The van der Waals surface area contributed by atoms with Gasteiger partial charge in [0.05, 0.1) is 5.56 Å². The van der Waals surface area contributed by atoms with Gasteiger partial charge in [-0.15, -0.1) is 11.3 Å². The number of carbonyl (C=O) groups excluding carboxylic acids is 1. The van der Waals surface area contributed by atoms with Crippen LogP contribution in [0.1, 0.15) is 17.4 Å². The van der Waals surface area contributed by atoms with Crippen molar-refractivity contribution in [3.05, 3.63) is 40.9 Å². The van der Waals surface area contributed by atoms with Gasteiger partial charge in [-0.3, -0.25) is 4.79 Å². The second-order valence-corrected chi connectivity index (χ2v) is 5.39. The molecule has 0 aliphatic rings. The summed E-state index contributed by atoms with van der Waals surface area (Å²) in [4.78, 5) is 15.9. The largest absolute Gasteiger partial charge is 0.349 e. The summed E-state index contributed by atoms with van der Waals surface area (Å²) in [7, 11) is 1.79. The van der Waals surface area contributed by atoms with Crippen molar-refractivity contribution in [1.82, 2.24) is 15.6 Å². The first kappa shape index (κ1) is 15.5. The summed E-state index contributed by atoms with van der Waals surface area (Å²) in [5.41, 5.74) is -0.0499. The van der Waals surface area contributed by atoms with Crippen LogP contribution in [0.4, 0.5) is 8.78 Å². The Kier molecular flexibility index (Phi) is 4.98. The summed E-state index contributed by atoms with van der Waals surface area (Å²) < 4.78 is 27.3. The zero-order chi connectivity index (χ0) is 15.4. The van der Waals surface area contributed by atoms with Crippen molar-refractivity contribution in [2.24, 2.45) is 0 Å². The molecule has 1 atom stereocenters. The predicted molar refractivity (Wildman–Crippen MR) is 78.3 cm³/mol. The number of likely N-dealkylation sites (N-methyl/N-ethyl adjacent to an activating group) is 1. The van der Waals surface area contributed by atoms with Gasteiger partial charge in [0, 0.05) is 18.0 Å². The molecule has 0 fully saturated rings. The number of nitrogens with zero attached hydrogens (tertiary/aromatic N) is 1. The molecule has 4 nitrogen and oxygen atoms in total. The fraction of sp³-hybridized carbons (Fsp3) is 0.286. The number of rotatable bonds is 5. The van der Waals surface area contributed by atoms with E-state index in [0.29, 0.717) is 6.54 Å². The highest BCUT2D eigenvalue weighted by Crippen LogP contribution is 2.28. The molecule has 2 rings (SSSR count). The maximum absolute atomic E-state index is 13.7. The van der Waals surface area contributed by atoms with E-state index in [9.17, 15) is 13.6 Å². The first-order valence-corrected chi connectivity index (χ1v) is 7.26. The van der Waals surface area contributed by atoms with Gasteiger partial charge in [-0.1, -0.05) is 6.07 Å². The van der Waals surface area contributed by atoms with E-state index in [1.54, 1.807) is 7.05 Å². The van der Waals surface area contributed by atoms with E-state index in [2.05, 4.69) is 15.6 Å². The number of aromatic nitrogens is 1. The van der Waals surface area contributed by atoms with Gasteiger partial charge >= 0.3 is 0 Å². The minimum absolute atomic E-state index is 0.121. The molecule has 0 saturated carbocycles. The molecule has 21 heavy (non-hydrogen) atoms. The number of amides is 1. The van der Waals surface area contributed by atoms with E-state index < -0.39 is 11.6 Å². The predicted octanol–water partition coefficient (Wildman–Crippen LogP) is 2.43. The highest BCUT2D eigenvalue weighted by Gasteiger charge is 2.17. The summed E-state index contributed by atoms with van der Waals surface area (Å²) in [5.74, 6) is -1.75. The molecule has 1 aromatic heterocycles. The Morgan fingerprint density at radius 2 is 2.05 bits per heavy atom. The van der Waals surface area contributed by atoms with Crippen LogP contribution in [0.15, 0.2) is 23.6 Å². The Morgan fingerprint density at radius 1 is 1.38 bits per heavy atom. The SMILES string of the molecule is CNC(C)CNC(=O)c1csc(-c2c(F)cccc2F)n1. The molecular formula is C14H15F2N3OS. The van der Waals surface area contributed by atoms with Gasteiger partial charge in [0.15, 0.2) is 0 Å². The van der Waals surface area contributed by atoms with Crippen LogP contribution in [0.2, 0.25) is 0 Å². The smallest absolute Gasteiger partial charge is 0.270 e. The summed E-state index contributed by atoms with van der Waals surface area (Å²) in [6.07, 6.45) is 0. The Labute approximate surface area is 125 Å². The molecule has 2 N–H and O–H groups in total. The van der Waals surface area contributed by atoms with Crippen LogP contribution in [0.3, 0.4) is 0 Å². The highest BCUT2D eigenvalue weighted by atomic mass is 32.1. The van der Waals surface area contributed by atoms with Gasteiger partial charge in [-0.25, -0.2) is 13.8 Å². The minimum atomic E-state index is -0.694. The number of nitrogens with one attached hydrogen (secondary N) is 2. The van der Waals surface area contributed by atoms with Crippen molar-refractivity contribution in [2.75, 3.05) is 13.6 Å². The van der Waals surface area contributed by atoms with E-state index in [1.807, 2.05) is 6.92 Å². The van der Waals surface area contributed by atoms with Crippen molar-refractivity contribution >= 4 is 17.2 Å². The molecule has 0 spiro atoms. The average Bonchev–Trinajstić information content (AvgIpc) is 2.93. The van der Waals surface area contributed by atoms with Crippen LogP contribution < -0.4 is 10.6 Å². The van der Waals surface area contributed by atoms with Crippen LogP contribution in [-0.2, 0) is 0 Å². The molecule has 1 unspecified atom stereocenters. The van der Waals surface area contributed by atoms with Crippen molar-refractivity contribution < 1.29 is 13.6 Å². The lowest BCUT2D eigenvalue weighted by Gasteiger charge is -2.10. The molecule has 2 aromatic rings. The maximum Gasteiger partial charge on any atom is 0.270 e. The average molecular weight is 311 g/mol. The third-order valence-electron chi connectivity index (χ3n) is 2.98. The monoisotopic (exact) mass is 311 g/mol. The lowest BCUT2D eigenvalue weighted by atomic mass is 10.2. The molecule has 0 radical (unpaired) electrons. The summed E-state index contributed by atoms with van der Waals surface area (Å²) >= 11 is 1.03. The van der Waals surface area contributed by atoms with Crippen LogP contribution >= 0.6 is 11.3 Å². The topological polar surface area (TPSA) is 54.0 Å². The number of hydrogen-bond donors (Lipinski definition) is 2. The maximum atomic E-state index is 13.7. The van der Waals surface area contributed by atoms with E-state index in [-0.39, 0.29) is 28.2 Å². The highest BCUT2D eigenvalue weighted by molar-refractivity contribution is 7.13. The fourth-order valence-corrected chi connectivity index (χ4v) is 2.48. The lowest BCUT2D eigenvalue weighted by molar-refractivity contribution is 0.0946. The van der Waals surface area contributed by atoms with Gasteiger partial charge in [0.2, 0.25) is 0 Å². The standard InChI is InChI=1S/C14H15F2N3OS/c1-8(17-2)6-18-13(20)11-7-21-14(19-11)12-9(15)4-3-5-10(12)16/h3-5,7-8,17H,6H2,1-2H3,(H,18,20). The molecule has 7 heteroatoms. The number of thiazole rings is 1. The Morgan fingerprint density at radius 3 is 2.67 bits per heavy atom. The molecule has 1 heterocycles. The van der Waals surface area contributed by atoms with Gasteiger partial charge < -0.3 is 10.6 Å². The second kappa shape index (κ2) is 6.73. The van der Waals surface area contributed by atoms with Crippen molar-refractivity contribution in [2.45, 2.75) is 13.0 Å². The van der Waals surface area contributed by atoms with Crippen LogP contribution in [0, 0.1) is 11.6 Å². The molecule has 1 amide bonds. The number of halogens is 2. The van der Waals surface area contributed by atoms with Gasteiger partial charge in [-0.05, 0) is 26.1 Å². The van der Waals surface area contributed by atoms with E-state index >= 15 is 0 Å². The van der Waals surface area contributed by atoms with Crippen molar-refractivity contribution in [1.29, 1.82) is 0 Å². The summed E-state index contributed by atoms with van der Waals surface area (Å²) in [5, 5.41) is 7.32. The van der Waals surface area contributed by atoms with Crippen LogP contribution in [0.5, 0.6) is 0 Å². The second-order valence-electron chi connectivity index (χ2n) is 4.53. The van der Waals surface area contributed by atoms with E-state index in [4.69, 9.17) is 0 Å². The Bertz CT molecular complexity index is 625. The Hall–Kier alpha value is -1.86. The molecule has 0 aliphatic carbocycles. The molecule has 112 valence electrons. The lowest BCUT2D eigenvalue weighted by Crippen LogP contribution is -2.37. The van der Waals surface area contributed by atoms with E-state index in [1.165, 1.54) is 11.4 Å². The first-order chi connectivity index (χ1) is 10.0. The van der Waals surface area contributed by atoms with Crippen molar-refractivity contribution in [3.8, 4) is 10.6 Å². The third-order valence-corrected chi connectivity index (χ3v) is 3.83. The van der Waals surface area contributed by atoms with Gasteiger partial charge in [0.25, 0.3) is 5.91 Å².